The smallest absolute Gasteiger partial charge is 0.266 e. The van der Waals surface area contributed by atoms with Gasteiger partial charge in [0.25, 0.3) is 5.56 Å². The van der Waals surface area contributed by atoms with E-state index in [0.717, 1.165) is 27.0 Å². The Hall–Kier alpha value is -4.11. The van der Waals surface area contributed by atoms with E-state index in [0.29, 0.717) is 32.2 Å². The van der Waals surface area contributed by atoms with Crippen LogP contribution >= 0.6 is 38.9 Å². The van der Waals surface area contributed by atoms with Gasteiger partial charge in [-0.3, -0.25) is 13.9 Å². The number of para-hydroxylation sites is 1. The third kappa shape index (κ3) is 5.21. The van der Waals surface area contributed by atoms with E-state index in [1.165, 1.54) is 17.6 Å². The largest absolute Gasteiger partial charge is 0.284 e. The number of aromatic nitrogens is 3. The van der Waals surface area contributed by atoms with Crippen LogP contribution in [0, 0.1) is 6.92 Å². The van der Waals surface area contributed by atoms with E-state index in [1.54, 1.807) is 10.6 Å². The molecule has 40 heavy (non-hydrogen) atoms. The molecule has 4 aromatic carbocycles. The van der Waals surface area contributed by atoms with Crippen LogP contribution in [0.15, 0.2) is 122 Å². The molecule has 196 valence electrons. The van der Waals surface area contributed by atoms with Crippen LogP contribution in [0.4, 0.5) is 0 Å². The van der Waals surface area contributed by atoms with Gasteiger partial charge in [-0.05, 0) is 73.2 Å². The zero-order valence-electron chi connectivity index (χ0n) is 21.2. The molecule has 0 aliphatic rings. The monoisotopic (exact) mass is 625 g/mol. The fraction of sp³-hybridized carbons (Fsp3) is 0.0323. The van der Waals surface area contributed by atoms with Gasteiger partial charge in [-0.25, -0.2) is 4.98 Å². The molecule has 0 atom stereocenters. The summed E-state index contributed by atoms with van der Waals surface area (Å²) in [7, 11) is 0. The molecule has 6 rings (SSSR count). The standard InChI is InChI=1S/C31H21BrClN5OS/c1-20-6-14-25(15-7-20)38-29(35-27-5-3-2-4-26(27)30(38)39)18-34-36-31-37(24-16-10-22(32)11-17-24)28(19-40-31)21-8-12-23(33)13-9-21/h2-19H,1H3/b34-18+,36-31+. The molecule has 6 aromatic rings. The van der Waals surface area contributed by atoms with Crippen LogP contribution in [0.5, 0.6) is 0 Å². The van der Waals surface area contributed by atoms with E-state index in [-0.39, 0.29) is 5.56 Å². The molecule has 0 bridgehead atoms. The van der Waals surface area contributed by atoms with Crippen LogP contribution in [-0.4, -0.2) is 20.3 Å². The highest BCUT2D eigenvalue weighted by Crippen LogP contribution is 2.26. The molecule has 0 unspecified atom stereocenters. The van der Waals surface area contributed by atoms with Crippen LogP contribution in [0.3, 0.4) is 0 Å². The second-order valence-corrected chi connectivity index (χ2v) is 11.2. The van der Waals surface area contributed by atoms with Gasteiger partial charge in [-0.2, -0.15) is 5.10 Å². The number of benzene rings is 4. The fourth-order valence-corrected chi connectivity index (χ4v) is 5.60. The maximum Gasteiger partial charge on any atom is 0.266 e. The van der Waals surface area contributed by atoms with Crippen molar-refractivity contribution >= 4 is 56.0 Å². The van der Waals surface area contributed by atoms with E-state index in [9.17, 15) is 4.79 Å². The summed E-state index contributed by atoms with van der Waals surface area (Å²) in [6.45, 7) is 2.01. The van der Waals surface area contributed by atoms with Crippen LogP contribution in [0.2, 0.25) is 5.02 Å². The minimum absolute atomic E-state index is 0.165. The van der Waals surface area contributed by atoms with Crippen molar-refractivity contribution < 1.29 is 0 Å². The van der Waals surface area contributed by atoms with Crippen LogP contribution in [0.1, 0.15) is 11.4 Å². The van der Waals surface area contributed by atoms with Crippen LogP contribution in [0.25, 0.3) is 33.5 Å². The van der Waals surface area contributed by atoms with Crippen LogP contribution < -0.4 is 10.4 Å². The molecule has 0 spiro atoms. The zero-order valence-corrected chi connectivity index (χ0v) is 24.4. The van der Waals surface area contributed by atoms with Gasteiger partial charge < -0.3 is 0 Å². The van der Waals surface area contributed by atoms with E-state index in [2.05, 4.69) is 26.1 Å². The minimum Gasteiger partial charge on any atom is -0.284 e. The Morgan fingerprint density at radius 2 is 1.55 bits per heavy atom. The van der Waals surface area contributed by atoms with Gasteiger partial charge in [-0.1, -0.05) is 69.5 Å². The zero-order chi connectivity index (χ0) is 27.6. The van der Waals surface area contributed by atoms with E-state index in [1.807, 2.05) is 108 Å². The van der Waals surface area contributed by atoms with Crippen LogP contribution in [-0.2, 0) is 0 Å². The Morgan fingerprint density at radius 3 is 2.30 bits per heavy atom. The molecular weight excluding hydrogens is 606 g/mol. The number of fused-ring (bicyclic) bond motifs is 1. The number of halogens is 2. The first-order chi connectivity index (χ1) is 19.5. The number of rotatable bonds is 5. The Balaban J connectivity index is 1.51. The number of thiazole rings is 1. The second kappa shape index (κ2) is 11.2. The second-order valence-electron chi connectivity index (χ2n) is 9.03. The quantitative estimate of drug-likeness (QED) is 0.146. The van der Waals surface area contributed by atoms with Crippen molar-refractivity contribution in [3.05, 3.63) is 138 Å². The Labute approximate surface area is 247 Å². The Kier molecular flexibility index (Phi) is 7.30. The van der Waals surface area contributed by atoms with Gasteiger partial charge in [0.1, 0.15) is 0 Å². The molecule has 9 heteroatoms. The van der Waals surface area contributed by atoms with Crippen molar-refractivity contribution in [3.63, 3.8) is 0 Å². The maximum atomic E-state index is 13.5. The van der Waals surface area contributed by atoms with Gasteiger partial charge in [0.15, 0.2) is 5.82 Å². The first-order valence-corrected chi connectivity index (χ1v) is 14.4. The highest BCUT2D eigenvalue weighted by Gasteiger charge is 2.13. The lowest BCUT2D eigenvalue weighted by Crippen LogP contribution is -2.23. The molecule has 0 saturated heterocycles. The first-order valence-electron chi connectivity index (χ1n) is 12.4. The summed E-state index contributed by atoms with van der Waals surface area (Å²) >= 11 is 11.1. The molecule has 0 N–H and O–H groups in total. The van der Waals surface area contributed by atoms with Gasteiger partial charge >= 0.3 is 0 Å². The van der Waals surface area contributed by atoms with Crippen molar-refractivity contribution in [1.82, 2.24) is 14.1 Å². The predicted molar refractivity (Wildman–Crippen MR) is 167 cm³/mol. The van der Waals surface area contributed by atoms with Crippen molar-refractivity contribution in [1.29, 1.82) is 0 Å². The third-order valence-electron chi connectivity index (χ3n) is 6.34. The van der Waals surface area contributed by atoms with E-state index >= 15 is 0 Å². The highest BCUT2D eigenvalue weighted by atomic mass is 79.9. The molecule has 2 heterocycles. The molecule has 0 amide bonds. The molecule has 0 aliphatic heterocycles. The van der Waals surface area contributed by atoms with Gasteiger partial charge in [0.05, 0.1) is 28.5 Å². The predicted octanol–water partition coefficient (Wildman–Crippen LogP) is 7.56. The summed E-state index contributed by atoms with van der Waals surface area (Å²) in [6.07, 6.45) is 1.53. The highest BCUT2D eigenvalue weighted by molar-refractivity contribution is 9.10. The molecule has 0 saturated carbocycles. The lowest BCUT2D eigenvalue weighted by atomic mass is 10.1. The summed E-state index contributed by atoms with van der Waals surface area (Å²) in [4.78, 5) is 18.9. The number of nitrogens with zero attached hydrogens (tertiary/aromatic N) is 5. The van der Waals surface area contributed by atoms with E-state index in [4.69, 9.17) is 16.6 Å². The summed E-state index contributed by atoms with van der Waals surface area (Å²) in [5, 5.41) is 12.3. The van der Waals surface area contributed by atoms with Gasteiger partial charge in [0, 0.05) is 20.6 Å². The van der Waals surface area contributed by atoms with E-state index < -0.39 is 0 Å². The van der Waals surface area contributed by atoms with Crippen molar-refractivity contribution in [3.8, 4) is 22.6 Å². The summed E-state index contributed by atoms with van der Waals surface area (Å²) in [5.74, 6) is 0.390. The summed E-state index contributed by atoms with van der Waals surface area (Å²) in [6, 6.07) is 30.7. The topological polar surface area (TPSA) is 64.5 Å². The minimum atomic E-state index is -0.165. The molecule has 0 aliphatic carbocycles. The molecule has 0 radical (unpaired) electrons. The lowest BCUT2D eigenvalue weighted by molar-refractivity contribution is 0.938. The average Bonchev–Trinajstić information content (AvgIpc) is 3.38. The van der Waals surface area contributed by atoms with Crippen molar-refractivity contribution in [2.45, 2.75) is 6.92 Å². The Bertz CT molecular complexity index is 1990. The van der Waals surface area contributed by atoms with Crippen molar-refractivity contribution in [2.75, 3.05) is 0 Å². The molecule has 2 aromatic heterocycles. The number of hydrogen-bond acceptors (Lipinski definition) is 5. The van der Waals surface area contributed by atoms with Gasteiger partial charge in [-0.15, -0.1) is 16.4 Å². The summed E-state index contributed by atoms with van der Waals surface area (Å²) in [5.41, 5.74) is 5.13. The SMILES string of the molecule is Cc1ccc(-n2c(/C=N/N=c3/scc(-c4ccc(Cl)cc4)n3-c3ccc(Br)cc3)nc3ccccc3c2=O)cc1. The molecular formula is C31H21BrClN5OS. The average molecular weight is 627 g/mol. The number of aryl methyl sites for hydroxylation is 1. The normalized spacial score (nSPS) is 12.0. The first kappa shape index (κ1) is 26.1. The third-order valence-corrected chi connectivity index (χ3v) is 7.94. The van der Waals surface area contributed by atoms with Gasteiger partial charge in [0.2, 0.25) is 4.80 Å². The number of hydrogen-bond donors (Lipinski definition) is 0. The summed E-state index contributed by atoms with van der Waals surface area (Å²) < 4.78 is 4.59. The maximum absolute atomic E-state index is 13.5. The Morgan fingerprint density at radius 1 is 0.875 bits per heavy atom. The molecule has 0 fully saturated rings. The van der Waals surface area contributed by atoms with Crippen molar-refractivity contribution in [2.24, 2.45) is 10.2 Å². The molecule has 6 nitrogen and oxygen atoms in total. The fourth-order valence-electron chi connectivity index (χ4n) is 4.35. The lowest BCUT2D eigenvalue weighted by Gasteiger charge is -2.11.